The Labute approximate surface area is 201 Å². The van der Waals surface area contributed by atoms with Crippen molar-refractivity contribution in [2.45, 2.75) is 44.2 Å². The van der Waals surface area contributed by atoms with Gasteiger partial charge in [-0.1, -0.05) is 60.7 Å². The minimum atomic E-state index is 0.0383. The van der Waals surface area contributed by atoms with Crippen molar-refractivity contribution in [3.8, 4) is 11.5 Å². The SMILES string of the molecule is NCc1ccc2c(c1)C1(CCC(C(=O)C=Cc3ccc(OCc4ccccc4)cc3)CC1)CO2. The van der Waals surface area contributed by atoms with Crippen LogP contribution in [-0.2, 0) is 23.4 Å². The smallest absolute Gasteiger partial charge is 0.158 e. The van der Waals surface area contributed by atoms with E-state index in [-0.39, 0.29) is 17.1 Å². The molecular formula is C30H31NO3. The number of benzene rings is 3. The summed E-state index contributed by atoms with van der Waals surface area (Å²) in [5.41, 5.74) is 10.5. The molecule has 5 rings (SSSR count). The summed E-state index contributed by atoms with van der Waals surface area (Å²) in [5, 5.41) is 0. The molecule has 34 heavy (non-hydrogen) atoms. The van der Waals surface area contributed by atoms with Crippen LogP contribution in [0, 0.1) is 5.92 Å². The topological polar surface area (TPSA) is 61.6 Å². The number of ketones is 1. The number of hydrogen-bond donors (Lipinski definition) is 1. The molecule has 0 radical (unpaired) electrons. The summed E-state index contributed by atoms with van der Waals surface area (Å²) in [6.07, 6.45) is 7.40. The Morgan fingerprint density at radius 2 is 1.76 bits per heavy atom. The van der Waals surface area contributed by atoms with Gasteiger partial charge in [0.25, 0.3) is 0 Å². The largest absolute Gasteiger partial charge is 0.492 e. The average Bonchev–Trinajstić information content (AvgIpc) is 3.24. The van der Waals surface area contributed by atoms with Crippen LogP contribution in [0.15, 0.2) is 78.9 Å². The van der Waals surface area contributed by atoms with Crippen LogP contribution in [0.2, 0.25) is 0 Å². The molecule has 1 spiro atoms. The van der Waals surface area contributed by atoms with Gasteiger partial charge in [-0.3, -0.25) is 4.79 Å². The van der Waals surface area contributed by atoms with Gasteiger partial charge in [-0.15, -0.1) is 0 Å². The first kappa shape index (κ1) is 22.4. The molecule has 1 saturated carbocycles. The lowest BCUT2D eigenvalue weighted by molar-refractivity contribution is -0.119. The van der Waals surface area contributed by atoms with Crippen molar-refractivity contribution in [2.75, 3.05) is 6.61 Å². The lowest BCUT2D eigenvalue weighted by atomic mass is 9.67. The molecule has 1 aliphatic heterocycles. The summed E-state index contributed by atoms with van der Waals surface area (Å²) in [4.78, 5) is 12.9. The summed E-state index contributed by atoms with van der Waals surface area (Å²) in [6.45, 7) is 1.79. The first-order chi connectivity index (χ1) is 16.6. The number of nitrogens with two attached hydrogens (primary N) is 1. The normalized spacial score (nSPS) is 21.4. The molecule has 0 amide bonds. The van der Waals surface area contributed by atoms with E-state index in [4.69, 9.17) is 15.2 Å². The van der Waals surface area contributed by atoms with Crippen LogP contribution in [0.5, 0.6) is 11.5 Å². The fourth-order valence-electron chi connectivity index (χ4n) is 5.14. The molecule has 2 aliphatic rings. The molecular weight excluding hydrogens is 422 g/mol. The van der Waals surface area contributed by atoms with Crippen molar-refractivity contribution in [1.82, 2.24) is 0 Å². The van der Waals surface area contributed by atoms with E-state index in [1.54, 1.807) is 6.08 Å². The van der Waals surface area contributed by atoms with Gasteiger partial charge in [0.2, 0.25) is 0 Å². The summed E-state index contributed by atoms with van der Waals surface area (Å²) in [6, 6.07) is 24.3. The molecule has 1 heterocycles. The third-order valence-corrected chi connectivity index (χ3v) is 7.27. The predicted octanol–water partition coefficient (Wildman–Crippen LogP) is 5.83. The van der Waals surface area contributed by atoms with Crippen LogP contribution in [0.25, 0.3) is 6.08 Å². The van der Waals surface area contributed by atoms with Crippen LogP contribution in [0.3, 0.4) is 0 Å². The van der Waals surface area contributed by atoms with Crippen LogP contribution >= 0.6 is 0 Å². The molecule has 0 bridgehead atoms. The van der Waals surface area contributed by atoms with E-state index in [1.165, 1.54) is 5.56 Å². The Balaban J connectivity index is 1.15. The highest BCUT2D eigenvalue weighted by molar-refractivity contribution is 5.95. The van der Waals surface area contributed by atoms with Crippen molar-refractivity contribution in [2.24, 2.45) is 11.7 Å². The molecule has 0 saturated heterocycles. The standard InChI is InChI=1S/C30H31NO3/c31-19-24-9-13-29-27(18-24)30(21-34-29)16-14-25(15-17-30)28(32)12-8-22-6-10-26(11-7-22)33-20-23-4-2-1-3-5-23/h1-13,18,25H,14-17,19-21,31H2. The van der Waals surface area contributed by atoms with Crippen molar-refractivity contribution >= 4 is 11.9 Å². The van der Waals surface area contributed by atoms with Crippen molar-refractivity contribution in [3.05, 3.63) is 101 Å². The van der Waals surface area contributed by atoms with Gasteiger partial charge in [0.15, 0.2) is 5.78 Å². The maximum atomic E-state index is 12.9. The highest BCUT2D eigenvalue weighted by atomic mass is 16.5. The van der Waals surface area contributed by atoms with Gasteiger partial charge < -0.3 is 15.2 Å². The lowest BCUT2D eigenvalue weighted by Crippen LogP contribution is -2.35. The van der Waals surface area contributed by atoms with E-state index < -0.39 is 0 Å². The fourth-order valence-corrected chi connectivity index (χ4v) is 5.14. The van der Waals surface area contributed by atoms with Crippen molar-refractivity contribution in [1.29, 1.82) is 0 Å². The van der Waals surface area contributed by atoms with E-state index in [0.717, 1.165) is 53.9 Å². The maximum Gasteiger partial charge on any atom is 0.158 e. The Morgan fingerprint density at radius 3 is 2.50 bits per heavy atom. The van der Waals surface area contributed by atoms with Gasteiger partial charge in [0, 0.05) is 23.4 Å². The van der Waals surface area contributed by atoms with Crippen LogP contribution in [0.4, 0.5) is 0 Å². The maximum absolute atomic E-state index is 12.9. The number of ether oxygens (including phenoxy) is 2. The van der Waals surface area contributed by atoms with Gasteiger partial charge in [-0.2, -0.15) is 0 Å². The van der Waals surface area contributed by atoms with Crippen LogP contribution in [0.1, 0.15) is 47.9 Å². The molecule has 2 N–H and O–H groups in total. The van der Waals surface area contributed by atoms with E-state index in [2.05, 4.69) is 6.07 Å². The molecule has 3 aromatic carbocycles. The number of carbonyl (C=O) groups is 1. The van der Waals surface area contributed by atoms with Crippen LogP contribution in [-0.4, -0.2) is 12.4 Å². The molecule has 0 atom stereocenters. The highest BCUT2D eigenvalue weighted by Crippen LogP contribution is 2.49. The molecule has 174 valence electrons. The number of fused-ring (bicyclic) bond motifs is 2. The van der Waals surface area contributed by atoms with E-state index >= 15 is 0 Å². The fraction of sp³-hybridized carbons (Fsp3) is 0.300. The Kier molecular flexibility index (Phi) is 6.50. The predicted molar refractivity (Wildman–Crippen MR) is 135 cm³/mol. The minimum Gasteiger partial charge on any atom is -0.492 e. The van der Waals surface area contributed by atoms with Crippen LogP contribution < -0.4 is 15.2 Å². The highest BCUT2D eigenvalue weighted by Gasteiger charge is 2.44. The van der Waals surface area contributed by atoms with Gasteiger partial charge in [-0.05, 0) is 66.6 Å². The Hall–Kier alpha value is -3.37. The van der Waals surface area contributed by atoms with E-state index in [9.17, 15) is 4.79 Å². The molecule has 0 unspecified atom stereocenters. The second kappa shape index (κ2) is 9.86. The average molecular weight is 454 g/mol. The third kappa shape index (κ3) is 4.78. The first-order valence-electron chi connectivity index (χ1n) is 12.1. The van der Waals surface area contributed by atoms with E-state index in [1.807, 2.05) is 72.8 Å². The first-order valence-corrected chi connectivity index (χ1v) is 12.1. The van der Waals surface area contributed by atoms with Crippen molar-refractivity contribution in [3.63, 3.8) is 0 Å². The summed E-state index contributed by atoms with van der Waals surface area (Å²) >= 11 is 0. The van der Waals surface area contributed by atoms with Gasteiger partial charge in [-0.25, -0.2) is 0 Å². The minimum absolute atomic E-state index is 0.0383. The van der Waals surface area contributed by atoms with E-state index in [0.29, 0.717) is 19.8 Å². The van der Waals surface area contributed by atoms with Crippen molar-refractivity contribution < 1.29 is 14.3 Å². The number of allylic oxidation sites excluding steroid dienone is 1. The second-order valence-corrected chi connectivity index (χ2v) is 9.46. The molecule has 3 aromatic rings. The summed E-state index contributed by atoms with van der Waals surface area (Å²) in [5.74, 6) is 2.10. The summed E-state index contributed by atoms with van der Waals surface area (Å²) in [7, 11) is 0. The number of carbonyl (C=O) groups excluding carboxylic acids is 1. The molecule has 0 aromatic heterocycles. The number of hydrogen-bond acceptors (Lipinski definition) is 4. The monoisotopic (exact) mass is 453 g/mol. The second-order valence-electron chi connectivity index (χ2n) is 9.46. The lowest BCUT2D eigenvalue weighted by Gasteiger charge is -2.35. The Bertz CT molecular complexity index is 1160. The molecule has 1 aliphatic carbocycles. The molecule has 4 nitrogen and oxygen atoms in total. The zero-order valence-corrected chi connectivity index (χ0v) is 19.4. The van der Waals surface area contributed by atoms with Gasteiger partial charge in [0.05, 0.1) is 6.61 Å². The zero-order chi connectivity index (χ0) is 23.4. The number of rotatable bonds is 7. The third-order valence-electron chi connectivity index (χ3n) is 7.27. The zero-order valence-electron chi connectivity index (χ0n) is 19.4. The molecule has 4 heteroatoms. The van der Waals surface area contributed by atoms with Gasteiger partial charge >= 0.3 is 0 Å². The molecule has 1 fully saturated rings. The van der Waals surface area contributed by atoms with Gasteiger partial charge in [0.1, 0.15) is 18.1 Å². The quantitative estimate of drug-likeness (QED) is 0.458. The summed E-state index contributed by atoms with van der Waals surface area (Å²) < 4.78 is 11.8. The Morgan fingerprint density at radius 1 is 1.00 bits per heavy atom.